The zero-order chi connectivity index (χ0) is 75.5. The summed E-state index contributed by atoms with van der Waals surface area (Å²) in [5, 5.41) is 10.7. The van der Waals surface area contributed by atoms with Gasteiger partial charge in [-0.1, -0.05) is 401 Å². The summed E-state index contributed by atoms with van der Waals surface area (Å²) in [5.41, 5.74) is 0. The van der Waals surface area contributed by atoms with Crippen LogP contribution in [0, 0.1) is 5.92 Å². The van der Waals surface area contributed by atoms with Crippen molar-refractivity contribution in [2.75, 3.05) is 39.6 Å². The first-order chi connectivity index (χ1) is 50.1. The van der Waals surface area contributed by atoms with E-state index >= 15 is 0 Å². The van der Waals surface area contributed by atoms with Gasteiger partial charge < -0.3 is 33.8 Å². The first kappa shape index (κ1) is 101. The predicted octanol–water partition coefficient (Wildman–Crippen LogP) is 25.6. The lowest BCUT2D eigenvalue weighted by Gasteiger charge is -2.21. The standard InChI is InChI=1S/C84H164O17P2/c1-6-10-13-16-19-22-24-26-28-30-31-32-34-36-42-46-50-55-60-65-70-84(89)101-80(74-95-82(87)68-63-58-53-48-44-40-38-37-39-43-47-51-56-61-66-77(5)9-4)76-99-103(92,93)97-72-78(85)71-96-102(90,91)98-75-79(73-94-81(86)67-62-57-52-21-18-15-12-8-3)100-83(88)69-64-59-54-49-45-41-35-33-29-27-25-23-20-17-14-11-7-2/h77-80,85H,6-76H2,1-5H3,(H,90,91)(H,92,93)/t77?,78-,79+,80+/m0/s1. The number of carbonyl (C=O) groups is 4. The number of hydrogen-bond acceptors (Lipinski definition) is 15. The highest BCUT2D eigenvalue weighted by atomic mass is 31.2. The molecule has 6 atom stereocenters. The van der Waals surface area contributed by atoms with E-state index in [1.807, 2.05) is 0 Å². The molecule has 0 aliphatic carbocycles. The molecule has 0 aromatic rings. The van der Waals surface area contributed by atoms with Crippen LogP contribution in [0.1, 0.15) is 452 Å². The number of phosphoric ester groups is 2. The molecule has 0 aliphatic heterocycles. The number of carbonyl (C=O) groups excluding carboxylic acids is 4. The molecule has 0 aliphatic rings. The highest BCUT2D eigenvalue weighted by molar-refractivity contribution is 7.47. The largest absolute Gasteiger partial charge is 0.472 e. The molecule has 0 fully saturated rings. The Balaban J connectivity index is 5.19. The van der Waals surface area contributed by atoms with Crippen molar-refractivity contribution >= 4 is 39.5 Å². The fraction of sp³-hybridized carbons (Fsp3) is 0.952. The Labute approximate surface area is 632 Å². The van der Waals surface area contributed by atoms with Crippen LogP contribution in [0.25, 0.3) is 0 Å². The molecule has 0 spiro atoms. The van der Waals surface area contributed by atoms with Gasteiger partial charge in [-0.25, -0.2) is 9.13 Å². The number of hydrogen-bond donors (Lipinski definition) is 3. The normalized spacial score (nSPS) is 14.1. The maximum Gasteiger partial charge on any atom is 0.472 e. The van der Waals surface area contributed by atoms with E-state index in [0.717, 1.165) is 95.8 Å². The predicted molar refractivity (Wildman–Crippen MR) is 423 cm³/mol. The summed E-state index contributed by atoms with van der Waals surface area (Å²) in [6, 6.07) is 0. The van der Waals surface area contributed by atoms with E-state index in [2.05, 4.69) is 34.6 Å². The van der Waals surface area contributed by atoms with Crippen molar-refractivity contribution in [2.45, 2.75) is 470 Å². The van der Waals surface area contributed by atoms with Crippen molar-refractivity contribution in [1.82, 2.24) is 0 Å². The van der Waals surface area contributed by atoms with Gasteiger partial charge in [0.1, 0.15) is 19.3 Å². The fourth-order valence-corrected chi connectivity index (χ4v) is 14.7. The van der Waals surface area contributed by atoms with Crippen molar-refractivity contribution < 1.29 is 80.2 Å². The van der Waals surface area contributed by atoms with Gasteiger partial charge >= 0.3 is 39.5 Å². The Morgan fingerprint density at radius 1 is 0.272 bits per heavy atom. The highest BCUT2D eigenvalue weighted by Crippen LogP contribution is 2.45. The first-order valence-corrected chi connectivity index (χ1v) is 46.7. The molecule has 0 saturated carbocycles. The second-order valence-electron chi connectivity index (χ2n) is 30.5. The first-order valence-electron chi connectivity index (χ1n) is 43.7. The minimum absolute atomic E-state index is 0.109. The number of esters is 4. The second-order valence-corrected chi connectivity index (χ2v) is 33.4. The number of aliphatic hydroxyl groups excluding tert-OH is 1. The van der Waals surface area contributed by atoms with E-state index in [9.17, 15) is 43.2 Å². The van der Waals surface area contributed by atoms with Crippen LogP contribution in [-0.2, 0) is 65.4 Å². The van der Waals surface area contributed by atoms with E-state index in [1.54, 1.807) is 0 Å². The molecule has 0 radical (unpaired) electrons. The van der Waals surface area contributed by atoms with Crippen LogP contribution in [0.15, 0.2) is 0 Å². The van der Waals surface area contributed by atoms with Gasteiger partial charge in [0, 0.05) is 25.7 Å². The Morgan fingerprint density at radius 2 is 0.466 bits per heavy atom. The van der Waals surface area contributed by atoms with Gasteiger partial charge in [-0.15, -0.1) is 0 Å². The maximum atomic E-state index is 13.1. The summed E-state index contributed by atoms with van der Waals surface area (Å²) >= 11 is 0. The van der Waals surface area contributed by atoms with E-state index < -0.39 is 97.5 Å². The van der Waals surface area contributed by atoms with Gasteiger partial charge in [0.25, 0.3) is 0 Å². The molecule has 612 valence electrons. The molecule has 103 heavy (non-hydrogen) atoms. The minimum Gasteiger partial charge on any atom is -0.462 e. The van der Waals surface area contributed by atoms with Crippen molar-refractivity contribution in [3.8, 4) is 0 Å². The van der Waals surface area contributed by atoms with E-state index in [1.165, 1.54) is 276 Å². The van der Waals surface area contributed by atoms with Crippen LogP contribution in [0.2, 0.25) is 0 Å². The maximum absolute atomic E-state index is 13.1. The summed E-state index contributed by atoms with van der Waals surface area (Å²) in [6.07, 6.45) is 69.4. The lowest BCUT2D eigenvalue weighted by Crippen LogP contribution is -2.30. The third-order valence-corrected chi connectivity index (χ3v) is 22.0. The average Bonchev–Trinajstić information content (AvgIpc) is 0.977. The summed E-state index contributed by atoms with van der Waals surface area (Å²) in [7, 11) is -9.92. The Hall–Kier alpha value is -1.94. The van der Waals surface area contributed by atoms with Gasteiger partial charge in [-0.2, -0.15) is 0 Å². The summed E-state index contributed by atoms with van der Waals surface area (Å²) in [4.78, 5) is 73.1. The summed E-state index contributed by atoms with van der Waals surface area (Å²) in [6.45, 7) is 7.38. The third kappa shape index (κ3) is 76.6. The monoisotopic (exact) mass is 1510 g/mol. The zero-order valence-electron chi connectivity index (χ0n) is 67.5. The topological polar surface area (TPSA) is 237 Å². The molecular weight excluding hydrogens is 1340 g/mol. The smallest absolute Gasteiger partial charge is 0.462 e. The van der Waals surface area contributed by atoms with E-state index in [-0.39, 0.29) is 25.7 Å². The summed E-state index contributed by atoms with van der Waals surface area (Å²) < 4.78 is 68.8. The average molecular weight is 1510 g/mol. The SMILES string of the molecule is CCCCCCCCCCCCCCCCCCCCCCC(=O)O[C@H](COC(=O)CCCCCCCCCCCCCCCCC(C)CC)COP(=O)(O)OC[C@@H](O)COP(=O)(O)OC[C@@H](COC(=O)CCCCCCCCCC)OC(=O)CCCCCCCCCCCCCCCCCCC. The quantitative estimate of drug-likeness (QED) is 0.0222. The Kier molecular flexibility index (Phi) is 75.4. The van der Waals surface area contributed by atoms with Gasteiger partial charge in [0.2, 0.25) is 0 Å². The number of aliphatic hydroxyl groups is 1. The van der Waals surface area contributed by atoms with Crippen LogP contribution in [0.4, 0.5) is 0 Å². The molecule has 0 saturated heterocycles. The Morgan fingerprint density at radius 3 is 0.689 bits per heavy atom. The molecule has 0 aromatic heterocycles. The number of ether oxygens (including phenoxy) is 4. The van der Waals surface area contributed by atoms with Crippen molar-refractivity contribution in [3.05, 3.63) is 0 Å². The van der Waals surface area contributed by atoms with Crippen molar-refractivity contribution in [2.24, 2.45) is 5.92 Å². The number of phosphoric acid groups is 2. The van der Waals surface area contributed by atoms with Crippen LogP contribution in [0.5, 0.6) is 0 Å². The lowest BCUT2D eigenvalue weighted by molar-refractivity contribution is -0.161. The molecule has 0 aromatic carbocycles. The fourth-order valence-electron chi connectivity index (χ4n) is 13.1. The second kappa shape index (κ2) is 76.8. The minimum atomic E-state index is -4.96. The van der Waals surface area contributed by atoms with E-state index in [4.69, 9.17) is 37.0 Å². The molecule has 0 amide bonds. The molecule has 19 heteroatoms. The van der Waals surface area contributed by atoms with Crippen LogP contribution in [-0.4, -0.2) is 96.7 Å². The lowest BCUT2D eigenvalue weighted by atomic mass is 9.99. The van der Waals surface area contributed by atoms with Crippen LogP contribution >= 0.6 is 15.6 Å². The zero-order valence-corrected chi connectivity index (χ0v) is 69.3. The number of rotatable bonds is 84. The molecule has 0 bridgehead atoms. The van der Waals surface area contributed by atoms with Crippen LogP contribution < -0.4 is 0 Å². The molecule has 0 heterocycles. The van der Waals surface area contributed by atoms with Crippen LogP contribution in [0.3, 0.4) is 0 Å². The molecule has 3 N–H and O–H groups in total. The molecule has 17 nitrogen and oxygen atoms in total. The molecule has 3 unspecified atom stereocenters. The van der Waals surface area contributed by atoms with Gasteiger partial charge in [0.05, 0.1) is 26.4 Å². The molecular formula is C84H164O17P2. The summed E-state index contributed by atoms with van der Waals surface area (Å²) in [5.74, 6) is -1.25. The number of unbranched alkanes of at least 4 members (excludes halogenated alkanes) is 55. The highest BCUT2D eigenvalue weighted by Gasteiger charge is 2.30. The van der Waals surface area contributed by atoms with Gasteiger partial charge in [-0.05, 0) is 31.6 Å². The van der Waals surface area contributed by atoms with Gasteiger partial charge in [0.15, 0.2) is 12.2 Å². The van der Waals surface area contributed by atoms with Gasteiger partial charge in [-0.3, -0.25) is 37.3 Å². The third-order valence-electron chi connectivity index (χ3n) is 20.1. The van der Waals surface area contributed by atoms with E-state index in [0.29, 0.717) is 25.7 Å². The Bertz CT molecular complexity index is 1960. The molecule has 0 rings (SSSR count). The van der Waals surface area contributed by atoms with Crippen molar-refractivity contribution in [3.63, 3.8) is 0 Å². The van der Waals surface area contributed by atoms with Crippen molar-refractivity contribution in [1.29, 1.82) is 0 Å².